The van der Waals surface area contributed by atoms with Crippen molar-refractivity contribution in [3.05, 3.63) is 78.6 Å². The van der Waals surface area contributed by atoms with Crippen LogP contribution in [0.25, 0.3) is 22.0 Å². The van der Waals surface area contributed by atoms with E-state index in [0.29, 0.717) is 0 Å². The van der Waals surface area contributed by atoms with Crippen LogP contribution in [0.4, 0.5) is 5.69 Å². The molecule has 0 fully saturated rings. The fourth-order valence-corrected chi connectivity index (χ4v) is 3.37. The van der Waals surface area contributed by atoms with Gasteiger partial charge in [0.1, 0.15) is 17.2 Å². The average molecular weight is 360 g/mol. The molecule has 0 unspecified atom stereocenters. The lowest BCUT2D eigenvalue weighted by atomic mass is 10.2. The average Bonchev–Trinajstić information content (AvgIpc) is 3.32. The smallest absolute Gasteiger partial charge is 0.244 e. The van der Waals surface area contributed by atoms with Gasteiger partial charge in [0.15, 0.2) is 0 Å². The van der Waals surface area contributed by atoms with Gasteiger partial charge in [-0.1, -0.05) is 48.5 Å². The van der Waals surface area contributed by atoms with Gasteiger partial charge in [0, 0.05) is 22.8 Å². The predicted molar refractivity (Wildman–Crippen MR) is 104 cm³/mol. The van der Waals surface area contributed by atoms with Crippen molar-refractivity contribution in [1.29, 1.82) is 0 Å². The van der Waals surface area contributed by atoms with Gasteiger partial charge < -0.3 is 9.88 Å². The summed E-state index contributed by atoms with van der Waals surface area (Å²) in [7, 11) is 0. The van der Waals surface area contributed by atoms with E-state index in [2.05, 4.69) is 15.3 Å². The minimum absolute atomic E-state index is 0.0933. The van der Waals surface area contributed by atoms with Crippen LogP contribution in [0, 0.1) is 0 Å². The number of anilines is 1. The fraction of sp³-hybridized carbons (Fsp3) is 0.0500. The van der Waals surface area contributed by atoms with Gasteiger partial charge in [-0.05, 0) is 12.1 Å². The van der Waals surface area contributed by atoms with E-state index < -0.39 is 0 Å². The number of hydrogen-bond donors (Lipinski definition) is 1. The second kappa shape index (κ2) is 7.33. The first kappa shape index (κ1) is 16.2. The van der Waals surface area contributed by atoms with E-state index in [4.69, 9.17) is 0 Å². The van der Waals surface area contributed by atoms with Gasteiger partial charge in [-0.3, -0.25) is 4.79 Å². The zero-order valence-corrected chi connectivity index (χ0v) is 14.7. The molecule has 2 heterocycles. The molecule has 4 rings (SSSR count). The van der Waals surface area contributed by atoms with E-state index >= 15 is 0 Å². The fourth-order valence-electron chi connectivity index (χ4n) is 2.58. The van der Waals surface area contributed by atoms with Gasteiger partial charge >= 0.3 is 0 Å². The van der Waals surface area contributed by atoms with E-state index in [1.165, 1.54) is 0 Å². The van der Waals surface area contributed by atoms with E-state index in [1.54, 1.807) is 22.2 Å². The van der Waals surface area contributed by atoms with Gasteiger partial charge in [-0.25, -0.2) is 9.97 Å². The standard InChI is InChI=1S/C20H16N4OS/c25-19(22-16-9-5-2-6-10-16)12-24-11-17(21-14-24)20-23-18(13-26-20)15-7-3-1-4-8-15/h1-11,13-14H,12H2,(H,22,25). The lowest BCUT2D eigenvalue weighted by molar-refractivity contribution is -0.116. The first-order valence-electron chi connectivity index (χ1n) is 8.16. The molecular formula is C20H16N4OS. The van der Waals surface area contributed by atoms with Gasteiger partial charge in [0.2, 0.25) is 5.91 Å². The summed E-state index contributed by atoms with van der Waals surface area (Å²) >= 11 is 1.54. The summed E-state index contributed by atoms with van der Waals surface area (Å²) in [5.41, 5.74) is 3.56. The summed E-state index contributed by atoms with van der Waals surface area (Å²) in [5, 5.41) is 5.72. The minimum Gasteiger partial charge on any atom is -0.327 e. The second-order valence-corrected chi connectivity index (χ2v) is 6.61. The lowest BCUT2D eigenvalue weighted by Crippen LogP contribution is -2.17. The summed E-state index contributed by atoms with van der Waals surface area (Å²) in [6.45, 7) is 0.207. The number of hydrogen-bond acceptors (Lipinski definition) is 4. The predicted octanol–water partition coefficient (Wildman–Crippen LogP) is 4.31. The number of rotatable bonds is 5. The number of aromatic nitrogens is 3. The topological polar surface area (TPSA) is 59.8 Å². The summed E-state index contributed by atoms with van der Waals surface area (Å²) in [5.74, 6) is -0.0933. The first-order chi connectivity index (χ1) is 12.8. The van der Waals surface area contributed by atoms with Gasteiger partial charge in [0.25, 0.3) is 0 Å². The van der Waals surface area contributed by atoms with Crippen molar-refractivity contribution in [3.8, 4) is 22.0 Å². The monoisotopic (exact) mass is 360 g/mol. The Hall–Kier alpha value is -3.25. The van der Waals surface area contributed by atoms with Crippen LogP contribution in [-0.2, 0) is 11.3 Å². The van der Waals surface area contributed by atoms with Crippen molar-refractivity contribution in [2.24, 2.45) is 0 Å². The SMILES string of the molecule is O=C(Cn1cnc(-c2nc(-c3ccccc3)cs2)c1)Nc1ccccc1. The Morgan fingerprint density at radius 2 is 1.73 bits per heavy atom. The van der Waals surface area contributed by atoms with E-state index in [1.807, 2.05) is 72.2 Å². The highest BCUT2D eigenvalue weighted by molar-refractivity contribution is 7.13. The number of para-hydroxylation sites is 1. The largest absolute Gasteiger partial charge is 0.327 e. The minimum atomic E-state index is -0.0933. The Bertz CT molecular complexity index is 1010. The molecule has 0 spiro atoms. The number of nitrogens with zero attached hydrogens (tertiary/aromatic N) is 3. The summed E-state index contributed by atoms with van der Waals surface area (Å²) in [6.07, 6.45) is 3.50. The highest BCUT2D eigenvalue weighted by atomic mass is 32.1. The van der Waals surface area contributed by atoms with Crippen molar-refractivity contribution in [2.75, 3.05) is 5.32 Å². The van der Waals surface area contributed by atoms with Crippen molar-refractivity contribution in [3.63, 3.8) is 0 Å². The molecular weight excluding hydrogens is 344 g/mol. The lowest BCUT2D eigenvalue weighted by Gasteiger charge is -2.04. The molecule has 4 aromatic rings. The number of benzene rings is 2. The van der Waals surface area contributed by atoms with Crippen LogP contribution < -0.4 is 5.32 Å². The van der Waals surface area contributed by atoms with Crippen molar-refractivity contribution in [1.82, 2.24) is 14.5 Å². The Morgan fingerprint density at radius 1 is 1.00 bits per heavy atom. The molecule has 1 N–H and O–H groups in total. The molecule has 5 nitrogen and oxygen atoms in total. The summed E-state index contributed by atoms with van der Waals surface area (Å²) in [6, 6.07) is 19.4. The zero-order chi connectivity index (χ0) is 17.8. The number of thiazole rings is 1. The van der Waals surface area contributed by atoms with Crippen molar-refractivity contribution < 1.29 is 4.79 Å². The molecule has 2 aromatic heterocycles. The zero-order valence-electron chi connectivity index (χ0n) is 13.9. The molecule has 0 aliphatic heterocycles. The quantitative estimate of drug-likeness (QED) is 0.577. The third kappa shape index (κ3) is 3.70. The van der Waals surface area contributed by atoms with E-state index in [0.717, 1.165) is 27.6 Å². The van der Waals surface area contributed by atoms with Crippen LogP contribution in [0.5, 0.6) is 0 Å². The Morgan fingerprint density at radius 3 is 2.50 bits per heavy atom. The van der Waals surface area contributed by atoms with Crippen LogP contribution in [-0.4, -0.2) is 20.4 Å². The third-order valence-corrected chi connectivity index (χ3v) is 4.67. The number of nitrogens with one attached hydrogen (secondary N) is 1. The molecule has 26 heavy (non-hydrogen) atoms. The molecule has 2 aromatic carbocycles. The number of carbonyl (C=O) groups is 1. The maximum atomic E-state index is 12.1. The maximum absolute atomic E-state index is 12.1. The normalized spacial score (nSPS) is 10.6. The molecule has 0 aliphatic rings. The molecule has 0 bridgehead atoms. The van der Waals surface area contributed by atoms with Gasteiger partial charge in [-0.2, -0.15) is 0 Å². The molecule has 1 amide bonds. The Kier molecular flexibility index (Phi) is 4.57. The highest BCUT2D eigenvalue weighted by Gasteiger charge is 2.10. The molecule has 6 heteroatoms. The van der Waals surface area contributed by atoms with Crippen LogP contribution in [0.3, 0.4) is 0 Å². The number of carbonyl (C=O) groups excluding carboxylic acids is 1. The third-order valence-electron chi connectivity index (χ3n) is 3.81. The summed E-state index contributed by atoms with van der Waals surface area (Å²) < 4.78 is 1.76. The van der Waals surface area contributed by atoms with Gasteiger partial charge in [0.05, 0.1) is 12.0 Å². The maximum Gasteiger partial charge on any atom is 0.244 e. The number of imidazole rings is 1. The van der Waals surface area contributed by atoms with Crippen LogP contribution >= 0.6 is 11.3 Å². The van der Waals surface area contributed by atoms with E-state index in [-0.39, 0.29) is 12.5 Å². The van der Waals surface area contributed by atoms with Crippen LogP contribution in [0.1, 0.15) is 0 Å². The molecule has 0 saturated heterocycles. The summed E-state index contributed by atoms with van der Waals surface area (Å²) in [4.78, 5) is 21.2. The molecule has 0 aliphatic carbocycles. The van der Waals surface area contributed by atoms with Crippen molar-refractivity contribution in [2.45, 2.75) is 6.54 Å². The Labute approximate surface area is 155 Å². The first-order valence-corrected chi connectivity index (χ1v) is 9.04. The van der Waals surface area contributed by atoms with Crippen LogP contribution in [0.2, 0.25) is 0 Å². The van der Waals surface area contributed by atoms with E-state index in [9.17, 15) is 4.79 Å². The molecule has 128 valence electrons. The highest BCUT2D eigenvalue weighted by Crippen LogP contribution is 2.27. The van der Waals surface area contributed by atoms with Crippen LogP contribution in [0.15, 0.2) is 78.6 Å². The molecule has 0 radical (unpaired) electrons. The van der Waals surface area contributed by atoms with Crippen molar-refractivity contribution >= 4 is 22.9 Å². The number of amides is 1. The molecule has 0 atom stereocenters. The van der Waals surface area contributed by atoms with Gasteiger partial charge in [-0.15, -0.1) is 11.3 Å². The molecule has 0 saturated carbocycles. The second-order valence-electron chi connectivity index (χ2n) is 5.75. The Balaban J connectivity index is 1.45.